The molecule has 0 aliphatic carbocycles. The predicted molar refractivity (Wildman–Crippen MR) is 78.2 cm³/mol. The number of phenols is 1. The van der Waals surface area contributed by atoms with Crippen LogP contribution in [0.2, 0.25) is 0 Å². The van der Waals surface area contributed by atoms with Crippen molar-refractivity contribution in [2.45, 2.75) is 6.92 Å². The van der Waals surface area contributed by atoms with Crippen LogP contribution in [0.4, 0.5) is 5.69 Å². The molecular weight excluding hydrogens is 246 g/mol. The van der Waals surface area contributed by atoms with Crippen LogP contribution in [-0.2, 0) is 0 Å². The summed E-state index contributed by atoms with van der Waals surface area (Å²) in [5, 5.41) is 13.3. The van der Waals surface area contributed by atoms with Crippen molar-refractivity contribution in [3.8, 4) is 5.75 Å². The number of benzene rings is 1. The zero-order valence-corrected chi connectivity index (χ0v) is 11.4. The fraction of sp³-hybridized carbons (Fsp3) is 0.462. The third kappa shape index (κ3) is 3.04. The van der Waals surface area contributed by atoms with E-state index in [4.69, 9.17) is 12.2 Å². The first-order chi connectivity index (χ1) is 8.70. The Bertz CT molecular complexity index is 399. The number of phenolic OH excluding ortho intramolecular Hbond substituents is 1. The molecule has 0 unspecified atom stereocenters. The predicted octanol–water partition coefficient (Wildman–Crippen LogP) is 1.41. The van der Waals surface area contributed by atoms with Gasteiger partial charge in [-0.3, -0.25) is 0 Å². The molecule has 1 aliphatic heterocycles. The number of piperazine rings is 1. The highest BCUT2D eigenvalue weighted by atomic mass is 32.1. The van der Waals surface area contributed by atoms with Crippen molar-refractivity contribution in [2.75, 3.05) is 37.6 Å². The Morgan fingerprint density at radius 3 is 2.39 bits per heavy atom. The smallest absolute Gasteiger partial charge is 0.169 e. The van der Waals surface area contributed by atoms with Gasteiger partial charge < -0.3 is 20.2 Å². The minimum atomic E-state index is 0.311. The van der Waals surface area contributed by atoms with Crippen LogP contribution in [0, 0.1) is 0 Å². The number of hydrogen-bond donors (Lipinski definition) is 2. The molecule has 1 aromatic rings. The van der Waals surface area contributed by atoms with Crippen LogP contribution in [0.5, 0.6) is 5.75 Å². The summed E-state index contributed by atoms with van der Waals surface area (Å²) in [6.07, 6.45) is 0. The lowest BCUT2D eigenvalue weighted by Gasteiger charge is -2.37. The third-order valence-corrected chi connectivity index (χ3v) is 3.51. The van der Waals surface area contributed by atoms with Gasteiger partial charge in [0.05, 0.1) is 0 Å². The third-order valence-electron chi connectivity index (χ3n) is 3.11. The quantitative estimate of drug-likeness (QED) is 0.791. The topological polar surface area (TPSA) is 38.7 Å². The fourth-order valence-corrected chi connectivity index (χ4v) is 2.42. The minimum absolute atomic E-state index is 0.311. The van der Waals surface area contributed by atoms with Crippen LogP contribution in [0.3, 0.4) is 0 Å². The van der Waals surface area contributed by atoms with Crippen molar-refractivity contribution in [1.29, 1.82) is 0 Å². The molecule has 1 aliphatic rings. The largest absolute Gasteiger partial charge is 0.508 e. The van der Waals surface area contributed by atoms with Crippen LogP contribution in [-0.4, -0.2) is 47.8 Å². The molecule has 1 saturated heterocycles. The van der Waals surface area contributed by atoms with Crippen LogP contribution >= 0.6 is 12.2 Å². The molecule has 1 fully saturated rings. The molecule has 0 radical (unpaired) electrons. The molecular formula is C13H19N3OS. The maximum atomic E-state index is 9.28. The second-order valence-corrected chi connectivity index (χ2v) is 4.71. The molecule has 0 aromatic heterocycles. The van der Waals surface area contributed by atoms with Crippen molar-refractivity contribution < 1.29 is 5.11 Å². The van der Waals surface area contributed by atoms with E-state index in [1.54, 1.807) is 12.1 Å². The van der Waals surface area contributed by atoms with Crippen LogP contribution in [0.25, 0.3) is 0 Å². The van der Waals surface area contributed by atoms with Crippen LogP contribution in [0.15, 0.2) is 24.3 Å². The van der Waals surface area contributed by atoms with Crippen molar-refractivity contribution in [1.82, 2.24) is 10.2 Å². The van der Waals surface area contributed by atoms with E-state index < -0.39 is 0 Å². The number of anilines is 1. The van der Waals surface area contributed by atoms with E-state index in [1.165, 1.54) is 0 Å². The first kappa shape index (κ1) is 13.0. The van der Waals surface area contributed by atoms with E-state index in [-0.39, 0.29) is 0 Å². The number of aromatic hydroxyl groups is 1. The van der Waals surface area contributed by atoms with Crippen molar-refractivity contribution in [3.63, 3.8) is 0 Å². The van der Waals surface area contributed by atoms with E-state index in [0.717, 1.165) is 43.5 Å². The van der Waals surface area contributed by atoms with Gasteiger partial charge in [0, 0.05) is 38.4 Å². The summed E-state index contributed by atoms with van der Waals surface area (Å²) in [6, 6.07) is 7.36. The molecule has 2 rings (SSSR count). The van der Waals surface area contributed by atoms with E-state index in [1.807, 2.05) is 12.1 Å². The maximum absolute atomic E-state index is 9.28. The monoisotopic (exact) mass is 265 g/mol. The highest BCUT2D eigenvalue weighted by molar-refractivity contribution is 7.80. The van der Waals surface area contributed by atoms with Gasteiger partial charge in [0.2, 0.25) is 0 Å². The van der Waals surface area contributed by atoms with Gasteiger partial charge in [0.15, 0.2) is 5.11 Å². The highest BCUT2D eigenvalue weighted by Gasteiger charge is 2.18. The molecule has 0 spiro atoms. The Morgan fingerprint density at radius 2 is 1.83 bits per heavy atom. The Morgan fingerprint density at radius 1 is 1.22 bits per heavy atom. The van der Waals surface area contributed by atoms with Crippen molar-refractivity contribution >= 4 is 23.0 Å². The van der Waals surface area contributed by atoms with Crippen LogP contribution < -0.4 is 10.2 Å². The molecule has 1 heterocycles. The summed E-state index contributed by atoms with van der Waals surface area (Å²) in [5.74, 6) is 0.311. The minimum Gasteiger partial charge on any atom is -0.508 e. The lowest BCUT2D eigenvalue weighted by Crippen LogP contribution is -2.51. The van der Waals surface area contributed by atoms with E-state index in [0.29, 0.717) is 5.75 Å². The average Bonchev–Trinajstić information content (AvgIpc) is 2.40. The van der Waals surface area contributed by atoms with Gasteiger partial charge in [-0.1, -0.05) is 0 Å². The number of nitrogens with zero attached hydrogens (tertiary/aromatic N) is 2. The van der Waals surface area contributed by atoms with Crippen LogP contribution in [0.1, 0.15) is 6.92 Å². The molecule has 0 amide bonds. The molecule has 98 valence electrons. The Hall–Kier alpha value is -1.49. The SMILES string of the molecule is CCNC(=S)N1CCN(c2ccc(O)cc2)CC1. The number of rotatable bonds is 2. The van der Waals surface area contributed by atoms with Gasteiger partial charge in [0.25, 0.3) is 0 Å². The van der Waals surface area contributed by atoms with E-state index in [2.05, 4.69) is 22.0 Å². The lowest BCUT2D eigenvalue weighted by atomic mass is 10.2. The summed E-state index contributed by atoms with van der Waals surface area (Å²) in [7, 11) is 0. The number of nitrogens with one attached hydrogen (secondary N) is 1. The normalized spacial score (nSPS) is 15.6. The Balaban J connectivity index is 1.90. The second-order valence-electron chi connectivity index (χ2n) is 4.33. The first-order valence-corrected chi connectivity index (χ1v) is 6.68. The lowest BCUT2D eigenvalue weighted by molar-refractivity contribution is 0.381. The number of hydrogen-bond acceptors (Lipinski definition) is 3. The molecule has 0 bridgehead atoms. The number of thiocarbonyl (C=S) groups is 1. The first-order valence-electron chi connectivity index (χ1n) is 6.27. The van der Waals surface area contributed by atoms with E-state index >= 15 is 0 Å². The standard InChI is InChI=1S/C13H19N3OS/c1-2-14-13(18)16-9-7-15(8-10-16)11-3-5-12(17)6-4-11/h3-6,17H,2,7-10H2,1H3,(H,14,18). The molecule has 0 saturated carbocycles. The molecule has 2 N–H and O–H groups in total. The molecule has 18 heavy (non-hydrogen) atoms. The average molecular weight is 265 g/mol. The summed E-state index contributed by atoms with van der Waals surface area (Å²) in [4.78, 5) is 4.51. The van der Waals surface area contributed by atoms with Gasteiger partial charge in [-0.15, -0.1) is 0 Å². The van der Waals surface area contributed by atoms with Gasteiger partial charge in [-0.25, -0.2) is 0 Å². The molecule has 0 atom stereocenters. The van der Waals surface area contributed by atoms with Crippen molar-refractivity contribution in [2.24, 2.45) is 0 Å². The van der Waals surface area contributed by atoms with Gasteiger partial charge in [0.1, 0.15) is 5.75 Å². The Kier molecular flexibility index (Phi) is 4.25. The zero-order chi connectivity index (χ0) is 13.0. The van der Waals surface area contributed by atoms with Crippen molar-refractivity contribution in [3.05, 3.63) is 24.3 Å². The second kappa shape index (κ2) is 5.91. The van der Waals surface area contributed by atoms with Gasteiger partial charge >= 0.3 is 0 Å². The molecule has 5 heteroatoms. The summed E-state index contributed by atoms with van der Waals surface area (Å²) in [6.45, 7) is 6.71. The fourth-order valence-electron chi connectivity index (χ4n) is 2.09. The zero-order valence-electron chi connectivity index (χ0n) is 10.6. The summed E-state index contributed by atoms with van der Waals surface area (Å²) in [5.41, 5.74) is 1.15. The molecule has 1 aromatic carbocycles. The highest BCUT2D eigenvalue weighted by Crippen LogP contribution is 2.19. The summed E-state index contributed by atoms with van der Waals surface area (Å²) < 4.78 is 0. The van der Waals surface area contributed by atoms with Gasteiger partial charge in [-0.05, 0) is 43.4 Å². The summed E-state index contributed by atoms with van der Waals surface area (Å²) >= 11 is 5.31. The van der Waals surface area contributed by atoms with E-state index in [9.17, 15) is 5.11 Å². The Labute approximate surface area is 113 Å². The van der Waals surface area contributed by atoms with Gasteiger partial charge in [-0.2, -0.15) is 0 Å². The maximum Gasteiger partial charge on any atom is 0.169 e. The molecule has 4 nitrogen and oxygen atoms in total.